The molecule has 2 saturated heterocycles. The summed E-state index contributed by atoms with van der Waals surface area (Å²) in [5, 5.41) is 6.59. The van der Waals surface area contributed by atoms with Crippen molar-refractivity contribution in [3.05, 3.63) is 40.8 Å². The largest absolute Gasteiger partial charge is 0.379 e. The number of benzene rings is 1. The van der Waals surface area contributed by atoms with Crippen LogP contribution < -0.4 is 10.6 Å². The number of hydrogen-bond acceptors (Lipinski definition) is 5. The van der Waals surface area contributed by atoms with Crippen molar-refractivity contribution in [2.75, 3.05) is 39.4 Å². The first-order valence-corrected chi connectivity index (χ1v) is 11.4. The zero-order valence-corrected chi connectivity index (χ0v) is 17.5. The second kappa shape index (κ2) is 9.78. The third kappa shape index (κ3) is 5.41. The van der Waals surface area contributed by atoms with Gasteiger partial charge in [-0.2, -0.15) is 0 Å². The fourth-order valence-electron chi connectivity index (χ4n) is 4.24. The molecule has 0 spiro atoms. The van der Waals surface area contributed by atoms with Crippen molar-refractivity contribution < 1.29 is 14.3 Å². The van der Waals surface area contributed by atoms with Gasteiger partial charge in [0, 0.05) is 43.4 Å². The smallest absolute Gasteiger partial charge is 0.257 e. The molecule has 0 aromatic heterocycles. The van der Waals surface area contributed by atoms with Crippen LogP contribution in [0, 0.1) is 5.92 Å². The number of morpholine rings is 1. The molecule has 0 radical (unpaired) electrons. The molecule has 7 heteroatoms. The predicted octanol–water partition coefficient (Wildman–Crippen LogP) is 1.88. The van der Waals surface area contributed by atoms with Gasteiger partial charge in [0.05, 0.1) is 18.1 Å². The minimum atomic E-state index is -0.0199. The van der Waals surface area contributed by atoms with Gasteiger partial charge in [-0.1, -0.05) is 30.3 Å². The molecule has 156 valence electrons. The summed E-state index contributed by atoms with van der Waals surface area (Å²) in [6.45, 7) is 4.97. The summed E-state index contributed by atoms with van der Waals surface area (Å²) < 4.78 is 5.35. The molecule has 2 heterocycles. The van der Waals surface area contributed by atoms with E-state index in [2.05, 4.69) is 15.5 Å². The summed E-state index contributed by atoms with van der Waals surface area (Å²) in [6.07, 6.45) is 4.52. The summed E-state index contributed by atoms with van der Waals surface area (Å²) in [4.78, 5) is 28.3. The number of hydrogen-bond donors (Lipinski definition) is 2. The molecule has 6 nitrogen and oxygen atoms in total. The van der Waals surface area contributed by atoms with Gasteiger partial charge < -0.3 is 15.4 Å². The molecule has 1 aliphatic carbocycles. The molecule has 2 amide bonds. The number of carbonyl (C=O) groups excluding carboxylic acids is 2. The Morgan fingerprint density at radius 1 is 1.24 bits per heavy atom. The van der Waals surface area contributed by atoms with Gasteiger partial charge >= 0.3 is 0 Å². The first kappa shape index (κ1) is 20.4. The third-order valence-electron chi connectivity index (χ3n) is 5.90. The number of ether oxygens (including phenoxy) is 1. The van der Waals surface area contributed by atoms with Gasteiger partial charge in [0.1, 0.15) is 0 Å². The van der Waals surface area contributed by atoms with Crippen LogP contribution in [0.4, 0.5) is 0 Å². The van der Waals surface area contributed by atoms with Crippen LogP contribution in [-0.4, -0.2) is 67.4 Å². The minimum Gasteiger partial charge on any atom is -0.379 e. The monoisotopic (exact) mass is 415 g/mol. The van der Waals surface area contributed by atoms with Crippen LogP contribution in [0.25, 0.3) is 6.08 Å². The highest BCUT2D eigenvalue weighted by Gasteiger charge is 2.39. The van der Waals surface area contributed by atoms with Crippen LogP contribution >= 0.6 is 11.8 Å². The van der Waals surface area contributed by atoms with Gasteiger partial charge in [-0.25, -0.2) is 0 Å². The second-order valence-electron chi connectivity index (χ2n) is 7.91. The zero-order chi connectivity index (χ0) is 20.1. The number of fused-ring (bicyclic) bond motifs is 1. The Morgan fingerprint density at radius 2 is 2.03 bits per heavy atom. The molecule has 29 heavy (non-hydrogen) atoms. The van der Waals surface area contributed by atoms with E-state index in [1.807, 2.05) is 36.4 Å². The molecule has 3 atom stereocenters. The fraction of sp³-hybridized carbons (Fsp3) is 0.545. The molecular formula is C22H29N3O3S. The van der Waals surface area contributed by atoms with E-state index >= 15 is 0 Å². The minimum absolute atomic E-state index is 0.0125. The quantitative estimate of drug-likeness (QED) is 0.719. The SMILES string of the molecule is O=C1NC2CC(C(=O)NCCN3CCOCC3)CCC2S/C1=C\c1ccccc1. The third-order valence-corrected chi connectivity index (χ3v) is 7.33. The Morgan fingerprint density at radius 3 is 2.83 bits per heavy atom. The lowest BCUT2D eigenvalue weighted by molar-refractivity contribution is -0.127. The van der Waals surface area contributed by atoms with Gasteiger partial charge in [-0.3, -0.25) is 14.5 Å². The molecule has 0 bridgehead atoms. The van der Waals surface area contributed by atoms with Gasteiger partial charge in [0.25, 0.3) is 5.91 Å². The molecule has 1 saturated carbocycles. The second-order valence-corrected chi connectivity index (χ2v) is 9.19. The summed E-state index contributed by atoms with van der Waals surface area (Å²) in [7, 11) is 0. The van der Waals surface area contributed by atoms with Crippen molar-refractivity contribution in [3.8, 4) is 0 Å². The summed E-state index contributed by atoms with van der Waals surface area (Å²) in [5.74, 6) is 0.0940. The maximum atomic E-state index is 12.6. The van der Waals surface area contributed by atoms with Crippen LogP contribution in [0.3, 0.4) is 0 Å². The van der Waals surface area contributed by atoms with Crippen molar-refractivity contribution in [2.24, 2.45) is 5.92 Å². The van der Waals surface area contributed by atoms with Crippen LogP contribution in [0.2, 0.25) is 0 Å². The Bertz CT molecular complexity index is 749. The van der Waals surface area contributed by atoms with Crippen LogP contribution in [0.15, 0.2) is 35.2 Å². The predicted molar refractivity (Wildman–Crippen MR) is 115 cm³/mol. The lowest BCUT2D eigenvalue weighted by atomic mass is 9.84. The Labute approximate surface area is 176 Å². The lowest BCUT2D eigenvalue weighted by Crippen LogP contribution is -2.52. The van der Waals surface area contributed by atoms with Crippen molar-refractivity contribution in [1.82, 2.24) is 15.5 Å². The molecule has 2 N–H and O–H groups in total. The molecule has 2 aliphatic heterocycles. The summed E-state index contributed by atoms with van der Waals surface area (Å²) in [6, 6.07) is 10.0. The van der Waals surface area contributed by atoms with E-state index in [-0.39, 0.29) is 23.8 Å². The van der Waals surface area contributed by atoms with E-state index in [1.54, 1.807) is 11.8 Å². The number of nitrogens with zero attached hydrogens (tertiary/aromatic N) is 1. The van der Waals surface area contributed by atoms with E-state index in [4.69, 9.17) is 4.74 Å². The van der Waals surface area contributed by atoms with Crippen molar-refractivity contribution in [3.63, 3.8) is 0 Å². The molecule has 4 rings (SSSR count). The summed E-state index contributed by atoms with van der Waals surface area (Å²) in [5.41, 5.74) is 1.04. The molecule has 3 fully saturated rings. The highest BCUT2D eigenvalue weighted by atomic mass is 32.2. The zero-order valence-electron chi connectivity index (χ0n) is 16.6. The van der Waals surface area contributed by atoms with Gasteiger partial charge in [-0.05, 0) is 30.9 Å². The standard InChI is InChI=1S/C22H29N3O3S/c26-21(23-8-9-25-10-12-28-13-11-25)17-6-7-19-18(15-17)24-22(27)20(29-19)14-16-4-2-1-3-5-16/h1-5,14,17-19H,6-13,15H2,(H,23,26)(H,24,27)/b20-14-. The topological polar surface area (TPSA) is 70.7 Å². The van der Waals surface area contributed by atoms with E-state index in [0.29, 0.717) is 11.8 Å². The number of carbonyl (C=O) groups is 2. The normalized spacial score (nSPS) is 29.2. The average Bonchev–Trinajstić information content (AvgIpc) is 2.75. The average molecular weight is 416 g/mol. The number of rotatable bonds is 5. The molecule has 3 unspecified atom stereocenters. The van der Waals surface area contributed by atoms with Crippen LogP contribution in [0.5, 0.6) is 0 Å². The van der Waals surface area contributed by atoms with Crippen LogP contribution in [0.1, 0.15) is 24.8 Å². The first-order chi connectivity index (χ1) is 14.2. The molecule has 1 aromatic rings. The maximum Gasteiger partial charge on any atom is 0.257 e. The van der Waals surface area contributed by atoms with Crippen LogP contribution in [-0.2, 0) is 14.3 Å². The lowest BCUT2D eigenvalue weighted by Gasteiger charge is -2.39. The Balaban J connectivity index is 1.26. The first-order valence-electron chi connectivity index (χ1n) is 10.5. The highest BCUT2D eigenvalue weighted by Crippen LogP contribution is 2.39. The molecular weight excluding hydrogens is 386 g/mol. The number of nitrogens with one attached hydrogen (secondary N) is 2. The fourth-order valence-corrected chi connectivity index (χ4v) is 5.53. The molecule has 3 aliphatic rings. The maximum absolute atomic E-state index is 12.6. The van der Waals surface area contributed by atoms with Gasteiger partial charge in [0.15, 0.2) is 0 Å². The molecule has 1 aromatic carbocycles. The van der Waals surface area contributed by atoms with Crippen molar-refractivity contribution >= 4 is 29.7 Å². The number of amides is 2. The van der Waals surface area contributed by atoms with Gasteiger partial charge in [-0.15, -0.1) is 11.8 Å². The van der Waals surface area contributed by atoms with Crippen molar-refractivity contribution in [2.45, 2.75) is 30.6 Å². The summed E-state index contributed by atoms with van der Waals surface area (Å²) >= 11 is 1.67. The Kier molecular flexibility index (Phi) is 6.90. The van der Waals surface area contributed by atoms with E-state index in [9.17, 15) is 9.59 Å². The Hall–Kier alpha value is -1.83. The van der Waals surface area contributed by atoms with Gasteiger partial charge in [0.2, 0.25) is 5.91 Å². The van der Waals surface area contributed by atoms with E-state index in [1.165, 1.54) is 0 Å². The highest BCUT2D eigenvalue weighted by molar-refractivity contribution is 8.04. The number of thioether (sulfide) groups is 1. The van der Waals surface area contributed by atoms with E-state index < -0.39 is 0 Å². The van der Waals surface area contributed by atoms with Crippen molar-refractivity contribution in [1.29, 1.82) is 0 Å². The van der Waals surface area contributed by atoms with E-state index in [0.717, 1.165) is 62.6 Å².